The van der Waals surface area contributed by atoms with Crippen molar-refractivity contribution < 1.29 is 23.4 Å². The largest absolute Gasteiger partial charge is 0.477 e. The standard InChI is InChI=1S/C20H17F2N3O4/c1-9-6-10(7-24-18(9)23)12-4-5-13-15(17(12)29-20(21)22)25(11-2-3-11)8-14(16(13)26)19(27)28/h4-8,11,20H,2-3H2,1H3,(H2,23,24)(H,27,28). The van der Waals surface area contributed by atoms with Crippen LogP contribution in [0.15, 0.2) is 35.4 Å². The number of aryl methyl sites for hydroxylation is 1. The van der Waals surface area contributed by atoms with E-state index in [0.717, 1.165) is 12.8 Å². The third kappa shape index (κ3) is 3.28. The summed E-state index contributed by atoms with van der Waals surface area (Å²) >= 11 is 0. The molecule has 0 bridgehead atoms. The van der Waals surface area contributed by atoms with Crippen LogP contribution in [0.25, 0.3) is 22.0 Å². The minimum Gasteiger partial charge on any atom is -0.477 e. The number of aromatic carboxylic acids is 1. The van der Waals surface area contributed by atoms with Gasteiger partial charge in [-0.05, 0) is 43.5 Å². The Morgan fingerprint density at radius 2 is 2.10 bits per heavy atom. The van der Waals surface area contributed by atoms with Gasteiger partial charge in [0.15, 0.2) is 5.75 Å². The van der Waals surface area contributed by atoms with Gasteiger partial charge in [0.1, 0.15) is 11.4 Å². The van der Waals surface area contributed by atoms with Crippen LogP contribution in [0.4, 0.5) is 14.6 Å². The molecule has 1 fully saturated rings. The zero-order valence-electron chi connectivity index (χ0n) is 15.4. The number of aromatic nitrogens is 2. The Morgan fingerprint density at radius 3 is 2.69 bits per heavy atom. The second-order valence-electron chi connectivity index (χ2n) is 6.96. The first-order chi connectivity index (χ1) is 13.8. The van der Waals surface area contributed by atoms with Gasteiger partial charge in [0.25, 0.3) is 0 Å². The number of nitrogens with zero attached hydrogens (tertiary/aromatic N) is 2. The molecule has 0 saturated heterocycles. The number of carbonyl (C=O) groups is 1. The Labute approximate surface area is 163 Å². The molecule has 0 radical (unpaired) electrons. The fourth-order valence-electron chi connectivity index (χ4n) is 3.38. The third-order valence-corrected chi connectivity index (χ3v) is 4.95. The van der Waals surface area contributed by atoms with Gasteiger partial charge in [0.2, 0.25) is 5.43 Å². The number of hydrogen-bond donors (Lipinski definition) is 2. The van der Waals surface area contributed by atoms with E-state index >= 15 is 0 Å². The lowest BCUT2D eigenvalue weighted by Crippen LogP contribution is -2.19. The Bertz CT molecular complexity index is 1200. The number of alkyl halides is 2. The first-order valence-corrected chi connectivity index (χ1v) is 8.90. The summed E-state index contributed by atoms with van der Waals surface area (Å²) in [6.45, 7) is -1.40. The van der Waals surface area contributed by atoms with E-state index in [-0.39, 0.29) is 22.7 Å². The minimum atomic E-state index is -3.14. The van der Waals surface area contributed by atoms with Gasteiger partial charge in [0, 0.05) is 29.6 Å². The number of nitrogens with two attached hydrogens (primary N) is 1. The number of anilines is 1. The SMILES string of the molecule is Cc1cc(-c2ccc3c(=O)c(C(=O)O)cn(C4CC4)c3c2OC(F)F)cnc1N. The predicted octanol–water partition coefficient (Wildman–Crippen LogP) is 3.59. The van der Waals surface area contributed by atoms with Gasteiger partial charge in [-0.2, -0.15) is 8.78 Å². The molecular formula is C20H17F2N3O4. The Balaban J connectivity index is 2.09. The van der Waals surface area contributed by atoms with E-state index in [0.29, 0.717) is 22.5 Å². The molecule has 1 aliphatic carbocycles. The van der Waals surface area contributed by atoms with Crippen LogP contribution < -0.4 is 15.9 Å². The fourth-order valence-corrected chi connectivity index (χ4v) is 3.38. The van der Waals surface area contributed by atoms with Crippen LogP contribution in [0.3, 0.4) is 0 Å². The number of halogens is 2. The van der Waals surface area contributed by atoms with Crippen molar-refractivity contribution in [3.8, 4) is 16.9 Å². The molecule has 1 aliphatic rings. The topological polar surface area (TPSA) is 107 Å². The molecule has 9 heteroatoms. The van der Waals surface area contributed by atoms with Gasteiger partial charge in [-0.3, -0.25) is 4.79 Å². The Kier molecular flexibility index (Phi) is 4.45. The number of fused-ring (bicyclic) bond motifs is 1. The zero-order valence-corrected chi connectivity index (χ0v) is 15.4. The van der Waals surface area contributed by atoms with Crippen LogP contribution in [0.2, 0.25) is 0 Å². The maximum absolute atomic E-state index is 13.3. The fraction of sp³-hybridized carbons (Fsp3) is 0.250. The van der Waals surface area contributed by atoms with Crippen LogP contribution in [-0.2, 0) is 0 Å². The normalized spacial score (nSPS) is 13.8. The molecule has 3 aromatic rings. The Hall–Kier alpha value is -3.49. The quantitative estimate of drug-likeness (QED) is 0.677. The van der Waals surface area contributed by atoms with Crippen LogP contribution in [0.5, 0.6) is 5.75 Å². The van der Waals surface area contributed by atoms with Gasteiger partial charge < -0.3 is 20.1 Å². The molecule has 0 spiro atoms. The maximum Gasteiger partial charge on any atom is 0.387 e. The van der Waals surface area contributed by atoms with E-state index in [1.165, 1.54) is 24.5 Å². The number of benzene rings is 1. The van der Waals surface area contributed by atoms with Crippen molar-refractivity contribution >= 4 is 22.7 Å². The van der Waals surface area contributed by atoms with Crippen molar-refractivity contribution in [3.63, 3.8) is 0 Å². The van der Waals surface area contributed by atoms with Crippen LogP contribution in [0, 0.1) is 6.92 Å². The minimum absolute atomic E-state index is 0.0105. The summed E-state index contributed by atoms with van der Waals surface area (Å²) in [6, 6.07) is 4.49. The van der Waals surface area contributed by atoms with Gasteiger partial charge in [-0.25, -0.2) is 9.78 Å². The number of carboxylic acid groups (broad SMARTS) is 1. The van der Waals surface area contributed by atoms with Gasteiger partial charge in [0.05, 0.1) is 10.9 Å². The number of carboxylic acids is 1. The number of rotatable bonds is 5. The number of hydrogen-bond acceptors (Lipinski definition) is 5. The van der Waals surface area contributed by atoms with Crippen molar-refractivity contribution in [2.75, 3.05) is 5.73 Å². The predicted molar refractivity (Wildman–Crippen MR) is 102 cm³/mol. The molecular weight excluding hydrogens is 384 g/mol. The van der Waals surface area contributed by atoms with E-state index in [4.69, 9.17) is 10.5 Å². The van der Waals surface area contributed by atoms with Crippen LogP contribution >= 0.6 is 0 Å². The van der Waals surface area contributed by atoms with Gasteiger partial charge in [-0.1, -0.05) is 0 Å². The number of ether oxygens (including phenoxy) is 1. The monoisotopic (exact) mass is 401 g/mol. The molecule has 4 rings (SSSR count). The number of pyridine rings is 2. The summed E-state index contributed by atoms with van der Waals surface area (Å²) < 4.78 is 33.0. The van der Waals surface area contributed by atoms with Crippen molar-refractivity contribution in [2.24, 2.45) is 0 Å². The molecule has 29 heavy (non-hydrogen) atoms. The second kappa shape index (κ2) is 6.84. The molecule has 2 heterocycles. The van der Waals surface area contributed by atoms with Crippen molar-refractivity contribution in [1.29, 1.82) is 0 Å². The molecule has 0 aliphatic heterocycles. The lowest BCUT2D eigenvalue weighted by atomic mass is 10.0. The summed E-state index contributed by atoms with van der Waals surface area (Å²) in [4.78, 5) is 28.2. The van der Waals surface area contributed by atoms with Crippen molar-refractivity contribution in [2.45, 2.75) is 32.4 Å². The smallest absolute Gasteiger partial charge is 0.387 e. The lowest BCUT2D eigenvalue weighted by molar-refractivity contribution is -0.0486. The van der Waals surface area contributed by atoms with E-state index in [9.17, 15) is 23.5 Å². The molecule has 150 valence electrons. The molecule has 1 saturated carbocycles. The summed E-state index contributed by atoms with van der Waals surface area (Å²) in [7, 11) is 0. The average Bonchev–Trinajstić information content (AvgIpc) is 3.49. The molecule has 3 N–H and O–H groups in total. The summed E-state index contributed by atoms with van der Waals surface area (Å²) in [6.07, 6.45) is 4.14. The molecule has 1 aromatic carbocycles. The lowest BCUT2D eigenvalue weighted by Gasteiger charge is -2.19. The van der Waals surface area contributed by atoms with E-state index in [1.807, 2.05) is 0 Å². The highest BCUT2D eigenvalue weighted by atomic mass is 19.3. The van der Waals surface area contributed by atoms with Crippen molar-refractivity contribution in [1.82, 2.24) is 9.55 Å². The zero-order chi connectivity index (χ0) is 20.9. The van der Waals surface area contributed by atoms with E-state index in [1.54, 1.807) is 17.6 Å². The molecule has 0 atom stereocenters. The summed E-state index contributed by atoms with van der Waals surface area (Å²) in [5, 5.41) is 9.38. The molecule has 7 nitrogen and oxygen atoms in total. The molecule has 0 unspecified atom stereocenters. The first kappa shape index (κ1) is 18.9. The Morgan fingerprint density at radius 1 is 1.38 bits per heavy atom. The highest BCUT2D eigenvalue weighted by Crippen LogP contribution is 2.43. The van der Waals surface area contributed by atoms with Gasteiger partial charge >= 0.3 is 12.6 Å². The molecule has 2 aromatic heterocycles. The number of nitrogen functional groups attached to an aromatic ring is 1. The summed E-state index contributed by atoms with van der Waals surface area (Å²) in [5.74, 6) is -1.25. The van der Waals surface area contributed by atoms with Gasteiger partial charge in [-0.15, -0.1) is 0 Å². The average molecular weight is 401 g/mol. The van der Waals surface area contributed by atoms with Crippen molar-refractivity contribution in [3.05, 3.63) is 51.9 Å². The third-order valence-electron chi connectivity index (χ3n) is 4.95. The maximum atomic E-state index is 13.3. The van der Waals surface area contributed by atoms with E-state index < -0.39 is 23.6 Å². The van der Waals surface area contributed by atoms with Crippen LogP contribution in [0.1, 0.15) is 34.8 Å². The highest BCUT2D eigenvalue weighted by Gasteiger charge is 2.30. The van der Waals surface area contributed by atoms with Crippen LogP contribution in [-0.4, -0.2) is 27.2 Å². The highest BCUT2D eigenvalue weighted by molar-refractivity contribution is 5.97. The summed E-state index contributed by atoms with van der Waals surface area (Å²) in [5.41, 5.74) is 6.20. The molecule has 0 amide bonds. The first-order valence-electron chi connectivity index (χ1n) is 8.90. The van der Waals surface area contributed by atoms with E-state index in [2.05, 4.69) is 4.98 Å². The second-order valence-corrected chi connectivity index (χ2v) is 6.96.